The summed E-state index contributed by atoms with van der Waals surface area (Å²) in [5, 5.41) is 0. The summed E-state index contributed by atoms with van der Waals surface area (Å²) >= 11 is 0. The SMILES string of the molecule is COC(=O)CC1[C@@H](OC(=O)c2ccccc2)C(COC(=O)c2ccccc2)O[C@@H](OC2[C@H](O[C@@H]3OC(C)[C@@H](OC(=O)c4ccccc4)C(OC(=O)c4ccccc4)C3OC(=O)c3ccccc3)C(COC(=O)c3ccccc3)O[C@@H](C)[C@H]2OC(=O)c2ccccc2)[C@H]1OC(=O)c1ccccc1. The summed E-state index contributed by atoms with van der Waals surface area (Å²) < 4.78 is 90.4. The number of ether oxygens (including phenoxy) is 14. The van der Waals surface area contributed by atoms with Gasteiger partial charge in [-0.15, -0.1) is 0 Å². The number of carbonyl (C=O) groups excluding carboxylic acids is 9. The summed E-state index contributed by atoms with van der Waals surface area (Å²) in [6.45, 7) is 1.54. The van der Waals surface area contributed by atoms with E-state index >= 15 is 0 Å². The van der Waals surface area contributed by atoms with Crippen molar-refractivity contribution in [1.82, 2.24) is 0 Å². The molecular weight excluding hydrogens is 1300 g/mol. The van der Waals surface area contributed by atoms with Crippen LogP contribution in [0.3, 0.4) is 0 Å². The van der Waals surface area contributed by atoms with Gasteiger partial charge in [0.05, 0.1) is 76.2 Å². The molecule has 0 saturated carbocycles. The maximum Gasteiger partial charge on any atom is 0.338 e. The third kappa shape index (κ3) is 18.0. The van der Waals surface area contributed by atoms with Crippen molar-refractivity contribution in [3.8, 4) is 0 Å². The first-order valence-corrected chi connectivity index (χ1v) is 32.4. The molecule has 8 aromatic carbocycles. The lowest BCUT2D eigenvalue weighted by Crippen LogP contribution is -2.67. The zero-order valence-corrected chi connectivity index (χ0v) is 54.8. The van der Waals surface area contributed by atoms with Crippen molar-refractivity contribution in [3.63, 3.8) is 0 Å². The van der Waals surface area contributed by atoms with E-state index in [1.807, 2.05) is 0 Å². The lowest BCUT2D eigenvalue weighted by Gasteiger charge is -2.51. The Kier molecular flexibility index (Phi) is 24.0. The number of carbonyl (C=O) groups is 9. The Balaban J connectivity index is 1.08. The second kappa shape index (κ2) is 34.0. The van der Waals surface area contributed by atoms with Crippen LogP contribution in [0.2, 0.25) is 0 Å². The Bertz CT molecular complexity index is 4100. The van der Waals surface area contributed by atoms with Crippen LogP contribution >= 0.6 is 0 Å². The smallest absolute Gasteiger partial charge is 0.338 e. The summed E-state index contributed by atoms with van der Waals surface area (Å²) in [5.74, 6) is -9.94. The summed E-state index contributed by atoms with van der Waals surface area (Å²) in [4.78, 5) is 130. The normalized spacial score (nSPS) is 24.5. The number of methoxy groups -OCH3 is 1. The van der Waals surface area contributed by atoms with Crippen molar-refractivity contribution in [2.24, 2.45) is 5.92 Å². The van der Waals surface area contributed by atoms with Gasteiger partial charge in [-0.3, -0.25) is 4.79 Å². The van der Waals surface area contributed by atoms with Crippen molar-refractivity contribution >= 4 is 53.7 Å². The highest BCUT2D eigenvalue weighted by atomic mass is 16.8. The van der Waals surface area contributed by atoms with E-state index in [4.69, 9.17) is 66.3 Å². The lowest BCUT2D eigenvalue weighted by molar-refractivity contribution is -0.364. The molecule has 23 heteroatoms. The number of esters is 9. The van der Waals surface area contributed by atoms with Crippen molar-refractivity contribution in [1.29, 1.82) is 0 Å². The van der Waals surface area contributed by atoms with Gasteiger partial charge in [-0.1, -0.05) is 146 Å². The molecule has 0 aromatic heterocycles. The molecular formula is C78H70O23. The van der Waals surface area contributed by atoms with E-state index < -0.39 is 165 Å². The highest BCUT2D eigenvalue weighted by molar-refractivity contribution is 5.93. The van der Waals surface area contributed by atoms with Crippen LogP contribution in [0.25, 0.3) is 0 Å². The van der Waals surface area contributed by atoms with Gasteiger partial charge in [0.2, 0.25) is 0 Å². The van der Waals surface area contributed by atoms with Crippen LogP contribution < -0.4 is 0 Å². The highest BCUT2D eigenvalue weighted by Crippen LogP contribution is 2.41. The van der Waals surface area contributed by atoms with Crippen LogP contribution in [-0.2, 0) is 71.1 Å². The van der Waals surface area contributed by atoms with E-state index in [0.717, 1.165) is 7.11 Å². The van der Waals surface area contributed by atoms with E-state index in [-0.39, 0.29) is 44.5 Å². The Labute approximate surface area is 580 Å². The third-order valence-electron chi connectivity index (χ3n) is 16.9. The highest BCUT2D eigenvalue weighted by Gasteiger charge is 2.59. The maximum atomic E-state index is 14.8. The van der Waals surface area contributed by atoms with Crippen LogP contribution in [0.4, 0.5) is 0 Å². The van der Waals surface area contributed by atoms with Crippen LogP contribution in [0, 0.1) is 5.92 Å². The molecule has 3 heterocycles. The molecule has 520 valence electrons. The molecule has 3 saturated heterocycles. The molecule has 7 unspecified atom stereocenters. The van der Waals surface area contributed by atoms with E-state index in [2.05, 4.69) is 0 Å². The predicted octanol–water partition coefficient (Wildman–Crippen LogP) is 10.3. The number of benzene rings is 8. The van der Waals surface area contributed by atoms with E-state index in [0.29, 0.717) is 0 Å². The molecule has 0 spiro atoms. The second-order valence-electron chi connectivity index (χ2n) is 23.6. The van der Waals surface area contributed by atoms with Crippen molar-refractivity contribution in [3.05, 3.63) is 287 Å². The molecule has 0 aliphatic carbocycles. The molecule has 0 amide bonds. The summed E-state index contributed by atoms with van der Waals surface area (Å²) in [6.07, 6.45) is -25.1. The van der Waals surface area contributed by atoms with Gasteiger partial charge in [0, 0.05) is 0 Å². The maximum absolute atomic E-state index is 14.8. The molecule has 15 atom stereocenters. The largest absolute Gasteiger partial charge is 0.469 e. The van der Waals surface area contributed by atoms with Gasteiger partial charge in [0.1, 0.15) is 43.7 Å². The van der Waals surface area contributed by atoms with Gasteiger partial charge in [0.25, 0.3) is 0 Å². The number of hydrogen-bond acceptors (Lipinski definition) is 23. The minimum atomic E-state index is -2.06. The first-order chi connectivity index (χ1) is 49.1. The lowest BCUT2D eigenvalue weighted by atomic mass is 9.85. The summed E-state index contributed by atoms with van der Waals surface area (Å²) in [5.41, 5.74) is 0.412. The first-order valence-electron chi connectivity index (χ1n) is 32.4. The molecule has 3 aliphatic rings. The molecule has 0 N–H and O–H groups in total. The van der Waals surface area contributed by atoms with Crippen molar-refractivity contribution < 1.29 is 109 Å². The monoisotopic (exact) mass is 1370 g/mol. The van der Waals surface area contributed by atoms with Gasteiger partial charge >= 0.3 is 53.7 Å². The van der Waals surface area contributed by atoms with E-state index in [9.17, 15) is 43.2 Å². The zero-order valence-electron chi connectivity index (χ0n) is 54.8. The van der Waals surface area contributed by atoms with Crippen LogP contribution in [0.1, 0.15) is 103 Å². The Hall–Kier alpha value is -11.2. The minimum absolute atomic E-state index is 0.00531. The van der Waals surface area contributed by atoms with Crippen molar-refractivity contribution in [2.45, 2.75) is 106 Å². The molecule has 23 nitrogen and oxygen atoms in total. The zero-order chi connectivity index (χ0) is 70.8. The molecule has 0 radical (unpaired) electrons. The van der Waals surface area contributed by atoms with Gasteiger partial charge < -0.3 is 66.3 Å². The van der Waals surface area contributed by atoms with Crippen LogP contribution in [-0.4, -0.2) is 160 Å². The fourth-order valence-electron chi connectivity index (χ4n) is 11.8. The molecule has 3 fully saturated rings. The fourth-order valence-corrected chi connectivity index (χ4v) is 11.8. The summed E-state index contributed by atoms with van der Waals surface area (Å²) in [6, 6.07) is 62.5. The average molecular weight is 1380 g/mol. The van der Waals surface area contributed by atoms with E-state index in [1.54, 1.807) is 146 Å². The standard InChI is InChI=1S/C78H70O23/c1-47-61(94-71(82)51-32-16-6-17-33-51)66(101-77-64(97-74(85)54-38-22-9-23-39-54)57(44-60(79)88-3)63(96-73(84)53-36-20-8-21-37-53)58(93-77)45-89-69(80)49-28-12-4-13-29-49)65(59(91-47)46-90-70(81)50-30-14-5-15-31-50)100-78-68(99-76(87)56-42-26-11-27-43-56)67(98-75(86)55-40-24-10-25-41-55)62(48(2)92-78)95-72(83)52-34-18-7-19-35-52/h4-43,47-48,57-59,61-68,77-78H,44-46H2,1-3H3/t47-,48?,57?,58?,59?,61+,62+,63+,64-,65+,66?,67?,68?,77-,78-/m0/s1. The van der Waals surface area contributed by atoms with Crippen LogP contribution in [0.15, 0.2) is 243 Å². The number of hydrogen-bond donors (Lipinski definition) is 0. The fraction of sp³-hybridized carbons (Fsp3) is 0.269. The first kappa shape index (κ1) is 71.1. The van der Waals surface area contributed by atoms with Gasteiger partial charge in [-0.05, 0) is 111 Å². The Morgan fingerprint density at radius 2 is 0.554 bits per heavy atom. The Morgan fingerprint density at radius 3 is 0.911 bits per heavy atom. The molecule has 0 bridgehead atoms. The van der Waals surface area contributed by atoms with E-state index in [1.165, 1.54) is 111 Å². The Morgan fingerprint density at radius 1 is 0.287 bits per heavy atom. The quantitative estimate of drug-likeness (QED) is 0.0401. The van der Waals surface area contributed by atoms with Crippen LogP contribution in [0.5, 0.6) is 0 Å². The molecule has 3 aliphatic heterocycles. The predicted molar refractivity (Wildman–Crippen MR) is 355 cm³/mol. The summed E-state index contributed by atoms with van der Waals surface area (Å²) in [7, 11) is 1.10. The second-order valence-corrected chi connectivity index (χ2v) is 23.6. The minimum Gasteiger partial charge on any atom is -0.469 e. The molecule has 8 aromatic rings. The van der Waals surface area contributed by atoms with Gasteiger partial charge in [-0.25, -0.2) is 38.4 Å². The molecule has 11 rings (SSSR count). The van der Waals surface area contributed by atoms with Gasteiger partial charge in [-0.2, -0.15) is 0 Å². The third-order valence-corrected chi connectivity index (χ3v) is 16.9. The van der Waals surface area contributed by atoms with Gasteiger partial charge in [0.15, 0.2) is 43.1 Å². The average Bonchev–Trinajstić information content (AvgIpc) is 0.763. The topological polar surface area (TPSA) is 283 Å². The van der Waals surface area contributed by atoms with Crippen molar-refractivity contribution in [2.75, 3.05) is 20.3 Å². The molecule has 101 heavy (non-hydrogen) atoms. The number of rotatable bonds is 24.